The van der Waals surface area contributed by atoms with Crippen LogP contribution in [-0.4, -0.2) is 0 Å². The van der Waals surface area contributed by atoms with Crippen molar-refractivity contribution in [3.05, 3.63) is 157 Å². The van der Waals surface area contributed by atoms with Crippen molar-refractivity contribution in [1.29, 1.82) is 0 Å². The second-order valence-electron chi connectivity index (χ2n) is 11.8. The van der Waals surface area contributed by atoms with Gasteiger partial charge in [0.25, 0.3) is 0 Å². The van der Waals surface area contributed by atoms with E-state index < -0.39 is 17.5 Å². The van der Waals surface area contributed by atoms with Crippen molar-refractivity contribution in [3.8, 4) is 33.4 Å². The maximum atomic E-state index is 14.3. The van der Waals surface area contributed by atoms with Gasteiger partial charge in [-0.3, -0.25) is 0 Å². The molecule has 0 N–H and O–H groups in total. The van der Waals surface area contributed by atoms with Crippen LogP contribution in [0, 0.1) is 23.3 Å². The summed E-state index contributed by atoms with van der Waals surface area (Å²) >= 11 is 0. The third-order valence-corrected chi connectivity index (χ3v) is 9.29. The first-order valence-electron chi connectivity index (χ1n) is 15.0. The summed E-state index contributed by atoms with van der Waals surface area (Å²) in [6.45, 7) is 0. The van der Waals surface area contributed by atoms with E-state index in [1.807, 2.05) is 60.7 Å². The number of fused-ring (bicyclic) bond motifs is 2. The topological polar surface area (TPSA) is 0 Å². The molecule has 0 atom stereocenters. The van der Waals surface area contributed by atoms with E-state index in [1.54, 1.807) is 0 Å². The van der Waals surface area contributed by atoms with Crippen LogP contribution in [0.1, 0.15) is 0 Å². The first-order chi connectivity index (χ1) is 22.5. The van der Waals surface area contributed by atoms with Crippen molar-refractivity contribution < 1.29 is 17.6 Å². The molecule has 0 saturated carbocycles. The van der Waals surface area contributed by atoms with E-state index in [0.29, 0.717) is 5.56 Å². The molecule has 9 aromatic carbocycles. The molecule has 0 radical (unpaired) electrons. The molecule has 0 amide bonds. The maximum absolute atomic E-state index is 14.3. The van der Waals surface area contributed by atoms with E-state index >= 15 is 0 Å². The lowest BCUT2D eigenvalue weighted by atomic mass is 9.83. The van der Waals surface area contributed by atoms with Gasteiger partial charge in [0.15, 0.2) is 17.5 Å². The Kier molecular flexibility index (Phi) is 5.72. The van der Waals surface area contributed by atoms with Gasteiger partial charge in [0.1, 0.15) is 5.82 Å². The van der Waals surface area contributed by atoms with Crippen LogP contribution in [0.5, 0.6) is 0 Å². The molecule has 0 nitrogen and oxygen atoms in total. The van der Waals surface area contributed by atoms with Crippen LogP contribution in [0.15, 0.2) is 133 Å². The molecule has 0 aliphatic carbocycles. The average Bonchev–Trinajstić information content (AvgIpc) is 3.09. The summed E-state index contributed by atoms with van der Waals surface area (Å²) in [5.74, 6) is -4.19. The Balaban J connectivity index is 1.39. The summed E-state index contributed by atoms with van der Waals surface area (Å²) in [5.41, 5.74) is 5.06. The van der Waals surface area contributed by atoms with Crippen LogP contribution in [0.3, 0.4) is 0 Å². The fourth-order valence-electron chi connectivity index (χ4n) is 7.33. The highest BCUT2D eigenvalue weighted by Gasteiger charge is 2.21. The standard InChI is InChI=1S/C42H22F4/c43-27-15-9-23(10-16-27)38-29-5-1-3-7-31(29)41(32-8-4-2-6-30(32)38)35-20-14-25-12-18-33-28(26-21-36(44)42(46)37(45)22-26)17-11-24-13-19-34(35)40(25)39(24)33/h1-22H. The molecule has 0 saturated heterocycles. The second kappa shape index (κ2) is 9.88. The molecule has 0 aliphatic heterocycles. The van der Waals surface area contributed by atoms with Crippen LogP contribution in [0.4, 0.5) is 17.6 Å². The minimum Gasteiger partial charge on any atom is -0.207 e. The van der Waals surface area contributed by atoms with Crippen molar-refractivity contribution in [3.63, 3.8) is 0 Å². The van der Waals surface area contributed by atoms with Crippen LogP contribution >= 0.6 is 0 Å². The quantitative estimate of drug-likeness (QED) is 0.0817. The summed E-state index contributed by atoms with van der Waals surface area (Å²) < 4.78 is 56.5. The number of rotatable bonds is 3. The first-order valence-corrected chi connectivity index (χ1v) is 15.0. The van der Waals surface area contributed by atoms with E-state index in [9.17, 15) is 17.6 Å². The molecule has 218 valence electrons. The molecular formula is C42H22F4. The second-order valence-corrected chi connectivity index (χ2v) is 11.8. The maximum Gasteiger partial charge on any atom is 0.194 e. The highest BCUT2D eigenvalue weighted by atomic mass is 19.2. The summed E-state index contributed by atoms with van der Waals surface area (Å²) in [6.07, 6.45) is 0. The molecule has 0 heterocycles. The lowest BCUT2D eigenvalue weighted by molar-refractivity contribution is 0.448. The van der Waals surface area contributed by atoms with Gasteiger partial charge < -0.3 is 0 Å². The van der Waals surface area contributed by atoms with Crippen LogP contribution in [-0.2, 0) is 0 Å². The lowest BCUT2D eigenvalue weighted by Crippen LogP contribution is -1.94. The summed E-state index contributed by atoms with van der Waals surface area (Å²) in [7, 11) is 0. The summed E-state index contributed by atoms with van der Waals surface area (Å²) in [5, 5.41) is 10.2. The number of halogens is 4. The zero-order chi connectivity index (χ0) is 31.1. The van der Waals surface area contributed by atoms with Crippen LogP contribution in [0.25, 0.3) is 87.2 Å². The first kappa shape index (κ1) is 26.6. The number of benzene rings is 9. The third kappa shape index (κ3) is 3.80. The number of hydrogen-bond donors (Lipinski definition) is 0. The SMILES string of the molecule is Fc1ccc(-c2c3ccccc3c(-c3ccc4ccc5c(-c6cc(F)c(F)c(F)c6)ccc6ccc3c4c65)c3ccccc23)cc1. The molecule has 9 aromatic rings. The van der Waals surface area contributed by atoms with Crippen molar-refractivity contribution >= 4 is 53.9 Å². The van der Waals surface area contributed by atoms with Crippen molar-refractivity contribution in [2.75, 3.05) is 0 Å². The molecular weight excluding hydrogens is 580 g/mol. The van der Waals surface area contributed by atoms with Gasteiger partial charge in [-0.05, 0) is 112 Å². The minimum absolute atomic E-state index is 0.277. The van der Waals surface area contributed by atoms with Crippen molar-refractivity contribution in [2.24, 2.45) is 0 Å². The van der Waals surface area contributed by atoms with Crippen LogP contribution in [0.2, 0.25) is 0 Å². The summed E-state index contributed by atoms with van der Waals surface area (Å²) in [4.78, 5) is 0. The molecule has 0 aromatic heterocycles. The highest BCUT2D eigenvalue weighted by Crippen LogP contribution is 2.48. The smallest absolute Gasteiger partial charge is 0.194 e. The lowest BCUT2D eigenvalue weighted by Gasteiger charge is -2.20. The molecule has 0 unspecified atom stereocenters. The Morgan fingerprint density at radius 1 is 0.348 bits per heavy atom. The fraction of sp³-hybridized carbons (Fsp3) is 0. The van der Waals surface area contributed by atoms with E-state index in [1.165, 1.54) is 12.1 Å². The van der Waals surface area contributed by atoms with Gasteiger partial charge in [-0.25, -0.2) is 17.6 Å². The van der Waals surface area contributed by atoms with Gasteiger partial charge in [-0.1, -0.05) is 109 Å². The number of hydrogen-bond acceptors (Lipinski definition) is 0. The monoisotopic (exact) mass is 602 g/mol. The zero-order valence-corrected chi connectivity index (χ0v) is 24.2. The predicted molar refractivity (Wildman–Crippen MR) is 181 cm³/mol. The molecule has 0 spiro atoms. The Morgan fingerprint density at radius 3 is 1.35 bits per heavy atom. The Hall–Kier alpha value is -5.74. The van der Waals surface area contributed by atoms with E-state index in [4.69, 9.17) is 0 Å². The molecule has 4 heteroatoms. The normalized spacial score (nSPS) is 11.9. The Bertz CT molecular complexity index is 2590. The van der Waals surface area contributed by atoms with Crippen molar-refractivity contribution in [1.82, 2.24) is 0 Å². The molecule has 9 rings (SSSR count). The Labute approximate surface area is 261 Å². The molecule has 0 fully saturated rings. The van der Waals surface area contributed by atoms with Gasteiger partial charge in [-0.15, -0.1) is 0 Å². The van der Waals surface area contributed by atoms with E-state index in [2.05, 4.69) is 48.5 Å². The van der Waals surface area contributed by atoms with Gasteiger partial charge in [0.05, 0.1) is 0 Å². The predicted octanol–water partition coefficient (Wildman–Crippen LogP) is 12.4. The van der Waals surface area contributed by atoms with E-state index in [-0.39, 0.29) is 11.4 Å². The van der Waals surface area contributed by atoms with Gasteiger partial charge in [0.2, 0.25) is 0 Å². The fourth-order valence-corrected chi connectivity index (χ4v) is 7.33. The van der Waals surface area contributed by atoms with Crippen molar-refractivity contribution in [2.45, 2.75) is 0 Å². The largest absolute Gasteiger partial charge is 0.207 e. The van der Waals surface area contributed by atoms with E-state index in [0.717, 1.165) is 88.2 Å². The molecule has 46 heavy (non-hydrogen) atoms. The van der Waals surface area contributed by atoms with Gasteiger partial charge in [-0.2, -0.15) is 0 Å². The summed E-state index contributed by atoms with van der Waals surface area (Å²) in [6, 6.07) is 41.7. The Morgan fingerprint density at radius 2 is 0.804 bits per heavy atom. The highest BCUT2D eigenvalue weighted by molar-refractivity contribution is 6.30. The molecule has 0 aliphatic rings. The average molecular weight is 603 g/mol. The van der Waals surface area contributed by atoms with Crippen LogP contribution < -0.4 is 0 Å². The van der Waals surface area contributed by atoms with Gasteiger partial charge in [0, 0.05) is 0 Å². The zero-order valence-electron chi connectivity index (χ0n) is 24.2. The van der Waals surface area contributed by atoms with Gasteiger partial charge >= 0.3 is 0 Å². The molecule has 0 bridgehead atoms. The third-order valence-electron chi connectivity index (χ3n) is 9.29. The minimum atomic E-state index is -1.48.